The molecule has 11 heteroatoms. The number of likely N-dealkylation sites (tertiary alicyclic amines) is 2. The average molecular weight is 473 g/mol. The molecule has 0 radical (unpaired) electrons. The van der Waals surface area contributed by atoms with Crippen LogP contribution in [-0.4, -0.2) is 63.7 Å². The number of amides is 1. The van der Waals surface area contributed by atoms with E-state index >= 15 is 0 Å². The lowest BCUT2D eigenvalue weighted by atomic mass is 9.72. The van der Waals surface area contributed by atoms with Gasteiger partial charge in [0.15, 0.2) is 0 Å². The van der Waals surface area contributed by atoms with Crippen LogP contribution in [0.2, 0.25) is 5.02 Å². The van der Waals surface area contributed by atoms with Crippen LogP contribution in [0.3, 0.4) is 0 Å². The fraction of sp³-hybridized carbons (Fsp3) is 0.524. The molecule has 0 atom stereocenters. The Bertz CT molecular complexity index is 965. The van der Waals surface area contributed by atoms with Gasteiger partial charge in [-0.25, -0.2) is 4.79 Å². The highest BCUT2D eigenvalue weighted by atomic mass is 35.5. The van der Waals surface area contributed by atoms with Crippen LogP contribution < -0.4 is 0 Å². The molecular weight excluding hydrogens is 449 g/mol. The number of piperidine rings is 1. The Morgan fingerprint density at radius 2 is 1.94 bits per heavy atom. The third kappa shape index (κ3) is 4.93. The van der Waals surface area contributed by atoms with Gasteiger partial charge < -0.3 is 14.7 Å². The summed E-state index contributed by atoms with van der Waals surface area (Å²) in [7, 11) is 0. The van der Waals surface area contributed by atoms with Gasteiger partial charge >= 0.3 is 12.2 Å². The van der Waals surface area contributed by atoms with Crippen molar-refractivity contribution in [3.8, 4) is 0 Å². The molecule has 0 aliphatic carbocycles. The van der Waals surface area contributed by atoms with Crippen LogP contribution in [0.25, 0.3) is 0 Å². The number of carbonyl (C=O) groups excluding carboxylic acids is 1. The van der Waals surface area contributed by atoms with Crippen molar-refractivity contribution in [1.82, 2.24) is 19.6 Å². The Hall–Kier alpha value is -2.14. The fourth-order valence-electron chi connectivity index (χ4n) is 4.55. The van der Waals surface area contributed by atoms with Crippen molar-refractivity contribution < 1.29 is 27.8 Å². The second-order valence-electron chi connectivity index (χ2n) is 8.44. The minimum Gasteiger partial charge on any atom is -0.371 e. The minimum atomic E-state index is -4.41. The monoisotopic (exact) mass is 472 g/mol. The number of alkyl halides is 3. The summed E-state index contributed by atoms with van der Waals surface area (Å²) in [6.07, 6.45) is -1.26. The van der Waals surface area contributed by atoms with Crippen molar-refractivity contribution in [3.05, 3.63) is 52.3 Å². The standard InChI is InChI=1S/C21H24ClF3N4O3/c22-16-1-2-18(21(23,24)25)15(9-16)10-27-12-20(13-27)4-7-28(8-5-20)19(31)29-6-3-17(26-29)11-32-14-30/h1-3,6,9,30H,4-5,7-8,10-14H2. The van der Waals surface area contributed by atoms with E-state index in [1.54, 1.807) is 17.2 Å². The van der Waals surface area contributed by atoms with Crippen LogP contribution in [0.5, 0.6) is 0 Å². The number of nitrogens with zero attached hydrogens (tertiary/aromatic N) is 4. The number of aliphatic hydroxyl groups excluding tert-OH is 1. The summed E-state index contributed by atoms with van der Waals surface area (Å²) >= 11 is 5.93. The molecule has 0 unspecified atom stereocenters. The Morgan fingerprint density at radius 3 is 2.59 bits per heavy atom. The normalized spacial score (nSPS) is 18.7. The SMILES string of the molecule is O=C(N1CCC2(CC1)CN(Cc1cc(Cl)ccc1C(F)(F)F)C2)n1ccc(COCO)n1. The highest BCUT2D eigenvalue weighted by Crippen LogP contribution is 2.42. The third-order valence-electron chi connectivity index (χ3n) is 6.16. The average Bonchev–Trinajstić information content (AvgIpc) is 3.19. The van der Waals surface area contributed by atoms with Gasteiger partial charge in [0.25, 0.3) is 0 Å². The third-order valence-corrected chi connectivity index (χ3v) is 6.40. The number of carbonyl (C=O) groups is 1. The summed E-state index contributed by atoms with van der Waals surface area (Å²) in [6, 6.07) is 5.13. The summed E-state index contributed by atoms with van der Waals surface area (Å²) in [5, 5.41) is 13.2. The molecule has 2 fully saturated rings. The van der Waals surface area contributed by atoms with Gasteiger partial charge in [-0.2, -0.15) is 23.0 Å². The molecule has 1 aromatic heterocycles. The molecule has 1 spiro atoms. The Kier molecular flexibility index (Phi) is 6.49. The molecule has 2 saturated heterocycles. The van der Waals surface area contributed by atoms with E-state index in [9.17, 15) is 18.0 Å². The quantitative estimate of drug-likeness (QED) is 0.673. The maximum atomic E-state index is 13.3. The van der Waals surface area contributed by atoms with Gasteiger partial charge in [-0.05, 0) is 48.1 Å². The van der Waals surface area contributed by atoms with E-state index in [2.05, 4.69) is 5.10 Å². The van der Waals surface area contributed by atoms with E-state index in [-0.39, 0.29) is 30.2 Å². The second kappa shape index (κ2) is 9.01. The van der Waals surface area contributed by atoms with Crippen molar-refractivity contribution in [2.45, 2.75) is 32.2 Å². The number of hydrogen-bond acceptors (Lipinski definition) is 5. The zero-order valence-corrected chi connectivity index (χ0v) is 18.1. The molecule has 1 N–H and O–H groups in total. The number of ether oxygens (including phenoxy) is 1. The zero-order valence-electron chi connectivity index (χ0n) is 17.3. The fourth-order valence-corrected chi connectivity index (χ4v) is 4.75. The number of aromatic nitrogens is 2. The molecule has 0 bridgehead atoms. The lowest BCUT2D eigenvalue weighted by Gasteiger charge is -2.54. The van der Waals surface area contributed by atoms with Crippen LogP contribution >= 0.6 is 11.6 Å². The highest BCUT2D eigenvalue weighted by molar-refractivity contribution is 6.30. The molecule has 0 saturated carbocycles. The molecule has 1 aromatic carbocycles. The summed E-state index contributed by atoms with van der Waals surface area (Å²) < 4.78 is 46.0. The van der Waals surface area contributed by atoms with Gasteiger partial charge in [-0.3, -0.25) is 4.90 Å². The topological polar surface area (TPSA) is 70.8 Å². The number of aliphatic hydroxyl groups is 1. The predicted octanol–water partition coefficient (Wildman–Crippen LogP) is 3.59. The van der Waals surface area contributed by atoms with E-state index in [1.165, 1.54) is 16.8 Å². The molecule has 7 nitrogen and oxygen atoms in total. The number of rotatable bonds is 5. The lowest BCUT2D eigenvalue weighted by Crippen LogP contribution is -2.60. The van der Waals surface area contributed by atoms with Crippen LogP contribution in [0.4, 0.5) is 18.0 Å². The molecule has 3 heterocycles. The smallest absolute Gasteiger partial charge is 0.371 e. The molecule has 2 aliphatic rings. The molecule has 2 aliphatic heterocycles. The first kappa shape index (κ1) is 23.0. The molecule has 1 amide bonds. The summed E-state index contributed by atoms with van der Waals surface area (Å²) in [5.41, 5.74) is 0.117. The van der Waals surface area contributed by atoms with Crippen LogP contribution in [0, 0.1) is 5.41 Å². The predicted molar refractivity (Wildman–Crippen MR) is 110 cm³/mol. The first-order valence-corrected chi connectivity index (χ1v) is 10.7. The van der Waals surface area contributed by atoms with Crippen LogP contribution in [0.15, 0.2) is 30.5 Å². The van der Waals surface area contributed by atoms with E-state index in [1.807, 2.05) is 4.90 Å². The van der Waals surface area contributed by atoms with Crippen molar-refractivity contribution in [3.63, 3.8) is 0 Å². The Balaban J connectivity index is 1.30. The van der Waals surface area contributed by atoms with Crippen molar-refractivity contribution in [2.75, 3.05) is 33.0 Å². The first-order chi connectivity index (χ1) is 15.2. The van der Waals surface area contributed by atoms with Crippen LogP contribution in [0.1, 0.15) is 29.7 Å². The van der Waals surface area contributed by atoms with Gasteiger partial charge in [0.2, 0.25) is 0 Å². The maximum absolute atomic E-state index is 13.3. The Morgan fingerprint density at radius 1 is 1.22 bits per heavy atom. The summed E-state index contributed by atoms with van der Waals surface area (Å²) in [6.45, 7) is 2.44. The number of benzene rings is 1. The maximum Gasteiger partial charge on any atom is 0.416 e. The molecule has 32 heavy (non-hydrogen) atoms. The Labute approximate surface area is 188 Å². The molecule has 2 aromatic rings. The molecule has 174 valence electrons. The lowest BCUT2D eigenvalue weighted by molar-refractivity contribution is -0.139. The van der Waals surface area contributed by atoms with E-state index < -0.39 is 18.5 Å². The van der Waals surface area contributed by atoms with Crippen molar-refractivity contribution >= 4 is 17.6 Å². The molecule has 4 rings (SSSR count). The largest absolute Gasteiger partial charge is 0.416 e. The van der Waals surface area contributed by atoms with E-state index in [0.717, 1.165) is 18.9 Å². The van der Waals surface area contributed by atoms with Crippen molar-refractivity contribution in [2.24, 2.45) is 5.41 Å². The number of hydrogen-bond donors (Lipinski definition) is 1. The van der Waals surface area contributed by atoms with Gasteiger partial charge in [-0.1, -0.05) is 11.6 Å². The summed E-state index contributed by atoms with van der Waals surface area (Å²) in [5.74, 6) is 0. The molecular formula is C21H24ClF3N4O3. The van der Waals surface area contributed by atoms with E-state index in [0.29, 0.717) is 36.9 Å². The van der Waals surface area contributed by atoms with Crippen LogP contribution in [-0.2, 0) is 24.1 Å². The second-order valence-corrected chi connectivity index (χ2v) is 8.88. The van der Waals surface area contributed by atoms with E-state index in [4.69, 9.17) is 21.4 Å². The highest BCUT2D eigenvalue weighted by Gasteiger charge is 2.46. The number of halogens is 4. The minimum absolute atomic E-state index is 0.0258. The van der Waals surface area contributed by atoms with Gasteiger partial charge in [0, 0.05) is 43.9 Å². The zero-order chi connectivity index (χ0) is 22.9. The van der Waals surface area contributed by atoms with Gasteiger partial charge in [0.1, 0.15) is 6.79 Å². The van der Waals surface area contributed by atoms with Gasteiger partial charge in [-0.15, -0.1) is 0 Å². The first-order valence-electron chi connectivity index (χ1n) is 10.3. The van der Waals surface area contributed by atoms with Gasteiger partial charge in [0.05, 0.1) is 17.9 Å². The summed E-state index contributed by atoms with van der Waals surface area (Å²) in [4.78, 5) is 16.4. The van der Waals surface area contributed by atoms with Crippen molar-refractivity contribution in [1.29, 1.82) is 0 Å².